The number of benzene rings is 2. The second-order valence-corrected chi connectivity index (χ2v) is 8.58. The lowest BCUT2D eigenvalue weighted by Crippen LogP contribution is -2.10. The van der Waals surface area contributed by atoms with Crippen LogP contribution in [-0.4, -0.2) is 17.3 Å². The number of halogens is 1. The molecule has 0 aliphatic heterocycles. The van der Waals surface area contributed by atoms with E-state index in [1.807, 2.05) is 7.05 Å². The number of aryl methyl sites for hydroxylation is 1. The first-order chi connectivity index (χ1) is 14.5. The molecule has 0 radical (unpaired) electrons. The van der Waals surface area contributed by atoms with Crippen molar-refractivity contribution in [3.05, 3.63) is 99.3 Å². The summed E-state index contributed by atoms with van der Waals surface area (Å²) in [6.45, 7) is 4.29. The zero-order valence-corrected chi connectivity index (χ0v) is 20.3. The zero-order valence-electron chi connectivity index (χ0n) is 18.1. The molecule has 2 nitrogen and oxygen atoms in total. The molecular weight excluding hydrogens is 479 g/mol. The maximum Gasteiger partial charge on any atom is 0.0486 e. The molecule has 0 spiro atoms. The van der Waals surface area contributed by atoms with Crippen molar-refractivity contribution in [1.29, 1.82) is 0 Å². The molecule has 0 aliphatic carbocycles. The Kier molecular flexibility index (Phi) is 7.86. The fourth-order valence-electron chi connectivity index (χ4n) is 3.77. The van der Waals surface area contributed by atoms with E-state index in [9.17, 15) is 0 Å². The molecule has 0 N–H and O–H groups in total. The van der Waals surface area contributed by atoms with Gasteiger partial charge in [-0.25, -0.2) is 0 Å². The van der Waals surface area contributed by atoms with Gasteiger partial charge in [0.25, 0.3) is 0 Å². The Morgan fingerprint density at radius 1 is 1.03 bits per heavy atom. The number of hydrogen-bond donors (Lipinski definition) is 0. The lowest BCUT2D eigenvalue weighted by molar-refractivity contribution is 0.893. The number of aliphatic imine (C=N–C) groups is 1. The van der Waals surface area contributed by atoms with Crippen LogP contribution in [0.5, 0.6) is 0 Å². The molecule has 1 aromatic heterocycles. The predicted molar refractivity (Wildman–Crippen MR) is 141 cm³/mol. The molecule has 0 fully saturated rings. The first kappa shape index (κ1) is 22.3. The lowest BCUT2D eigenvalue weighted by atomic mass is 9.91. The molecule has 3 aromatic rings. The summed E-state index contributed by atoms with van der Waals surface area (Å²) in [6.07, 6.45) is 13.8. The Labute approximate surface area is 193 Å². The number of allylic oxidation sites excluding steroid dienone is 5. The average Bonchev–Trinajstić information content (AvgIpc) is 3.01. The lowest BCUT2D eigenvalue weighted by Gasteiger charge is -2.17. The molecule has 3 rings (SSSR count). The van der Waals surface area contributed by atoms with E-state index < -0.39 is 0 Å². The van der Waals surface area contributed by atoms with Gasteiger partial charge >= 0.3 is 0 Å². The van der Waals surface area contributed by atoms with Gasteiger partial charge in [0.1, 0.15) is 0 Å². The Balaban J connectivity index is 1.68. The van der Waals surface area contributed by atoms with Crippen LogP contribution in [0.25, 0.3) is 17.0 Å². The summed E-state index contributed by atoms with van der Waals surface area (Å²) in [5.41, 5.74) is 6.36. The Bertz CT molecular complexity index is 1130. The zero-order chi connectivity index (χ0) is 21.5. The highest BCUT2D eigenvalue weighted by molar-refractivity contribution is 14.1. The van der Waals surface area contributed by atoms with Crippen LogP contribution in [0.1, 0.15) is 36.1 Å². The maximum absolute atomic E-state index is 4.45. The Hall–Kier alpha value is -2.40. The quantitative estimate of drug-likeness (QED) is 0.179. The van der Waals surface area contributed by atoms with Gasteiger partial charge in [-0.2, -0.15) is 0 Å². The standard InChI is InChI=1S/C27H29IN2/c1-20(29-3)22(24-16-10-12-18-26(24)28)14-8-6-5-7-9-15-23-21(2)30(4)27-19-13-11-17-25(23)27/h5-13,15-19,22H,14H2,1-4H3/b7-5+,8-6+,15-9+,29-20?. The highest BCUT2D eigenvalue weighted by Gasteiger charge is 2.15. The number of nitrogens with zero attached hydrogens (tertiary/aromatic N) is 2. The SMILES string of the molecule is CN=C(C)C(C/C=C/C=C/C=C/c1c(C)n(C)c2ccccc12)c1ccccc1I. The van der Waals surface area contributed by atoms with Crippen LogP contribution in [-0.2, 0) is 7.05 Å². The van der Waals surface area contributed by atoms with E-state index in [1.54, 1.807) is 0 Å². The van der Waals surface area contributed by atoms with Crippen LogP contribution in [0.2, 0.25) is 0 Å². The Morgan fingerprint density at radius 3 is 2.50 bits per heavy atom. The second kappa shape index (κ2) is 10.6. The number of fused-ring (bicyclic) bond motifs is 1. The molecule has 0 saturated carbocycles. The summed E-state index contributed by atoms with van der Waals surface area (Å²) in [5, 5.41) is 1.30. The van der Waals surface area contributed by atoms with Crippen molar-refractivity contribution in [2.45, 2.75) is 26.2 Å². The summed E-state index contributed by atoms with van der Waals surface area (Å²) >= 11 is 2.42. The van der Waals surface area contributed by atoms with Gasteiger partial charge in [0, 0.05) is 51.5 Å². The van der Waals surface area contributed by atoms with Gasteiger partial charge in [-0.05, 0) is 60.6 Å². The van der Waals surface area contributed by atoms with Crippen molar-refractivity contribution in [2.24, 2.45) is 12.0 Å². The van der Waals surface area contributed by atoms with Crippen molar-refractivity contribution in [3.8, 4) is 0 Å². The third kappa shape index (κ3) is 5.01. The third-order valence-corrected chi connectivity index (χ3v) is 6.67. The number of aromatic nitrogens is 1. The van der Waals surface area contributed by atoms with Crippen LogP contribution in [0.4, 0.5) is 0 Å². The molecule has 0 bridgehead atoms. The van der Waals surface area contributed by atoms with Crippen molar-refractivity contribution < 1.29 is 0 Å². The molecule has 0 aliphatic rings. The third-order valence-electron chi connectivity index (χ3n) is 5.69. The minimum Gasteiger partial charge on any atom is -0.347 e. The molecule has 0 amide bonds. The summed E-state index contributed by atoms with van der Waals surface area (Å²) in [4.78, 5) is 4.45. The van der Waals surface area contributed by atoms with Crippen LogP contribution >= 0.6 is 22.6 Å². The van der Waals surface area contributed by atoms with Crippen LogP contribution in [0.15, 0.2) is 83.9 Å². The molecule has 2 aromatic carbocycles. The second-order valence-electron chi connectivity index (χ2n) is 7.42. The topological polar surface area (TPSA) is 17.3 Å². The van der Waals surface area contributed by atoms with Crippen molar-refractivity contribution in [3.63, 3.8) is 0 Å². The van der Waals surface area contributed by atoms with Crippen molar-refractivity contribution >= 4 is 45.3 Å². The molecule has 30 heavy (non-hydrogen) atoms. The first-order valence-electron chi connectivity index (χ1n) is 10.3. The van der Waals surface area contributed by atoms with E-state index in [0.717, 1.165) is 6.42 Å². The van der Waals surface area contributed by atoms with Gasteiger partial charge in [0.15, 0.2) is 0 Å². The van der Waals surface area contributed by atoms with Gasteiger partial charge in [-0.15, -0.1) is 0 Å². The summed E-state index contributed by atoms with van der Waals surface area (Å²) in [6, 6.07) is 17.1. The molecule has 0 saturated heterocycles. The molecule has 3 heteroatoms. The highest BCUT2D eigenvalue weighted by Crippen LogP contribution is 2.27. The van der Waals surface area contributed by atoms with Crippen molar-refractivity contribution in [1.82, 2.24) is 4.57 Å². The average molecular weight is 508 g/mol. The van der Waals surface area contributed by atoms with E-state index in [4.69, 9.17) is 0 Å². The molecule has 1 unspecified atom stereocenters. The summed E-state index contributed by atoms with van der Waals surface area (Å²) in [5.74, 6) is 0.321. The first-order valence-corrected chi connectivity index (χ1v) is 11.3. The summed E-state index contributed by atoms with van der Waals surface area (Å²) in [7, 11) is 4.00. The van der Waals surface area contributed by atoms with Gasteiger partial charge in [-0.1, -0.05) is 72.9 Å². The fraction of sp³-hybridized carbons (Fsp3) is 0.222. The van der Waals surface area contributed by atoms with Crippen LogP contribution in [0, 0.1) is 10.5 Å². The largest absolute Gasteiger partial charge is 0.347 e. The molecular formula is C27H29IN2. The van der Waals surface area contributed by atoms with Crippen molar-refractivity contribution in [2.75, 3.05) is 7.05 Å². The highest BCUT2D eigenvalue weighted by atomic mass is 127. The fourth-order valence-corrected chi connectivity index (χ4v) is 4.53. The summed E-state index contributed by atoms with van der Waals surface area (Å²) < 4.78 is 3.54. The smallest absolute Gasteiger partial charge is 0.0486 e. The Morgan fingerprint density at radius 2 is 1.73 bits per heavy atom. The van der Waals surface area contributed by atoms with Gasteiger partial charge in [-0.3, -0.25) is 4.99 Å². The van der Waals surface area contributed by atoms with E-state index in [0.29, 0.717) is 5.92 Å². The van der Waals surface area contributed by atoms with Crippen LogP contribution in [0.3, 0.4) is 0 Å². The minimum atomic E-state index is 0.321. The monoisotopic (exact) mass is 508 g/mol. The maximum atomic E-state index is 4.45. The minimum absolute atomic E-state index is 0.321. The van der Waals surface area contributed by atoms with E-state index in [-0.39, 0.29) is 0 Å². The van der Waals surface area contributed by atoms with Crippen LogP contribution < -0.4 is 0 Å². The van der Waals surface area contributed by atoms with Gasteiger partial charge in [0.2, 0.25) is 0 Å². The molecule has 1 heterocycles. The van der Waals surface area contributed by atoms with E-state index >= 15 is 0 Å². The predicted octanol–water partition coefficient (Wildman–Crippen LogP) is 7.48. The normalized spacial score (nSPS) is 14.0. The number of rotatable bonds is 7. The molecule has 154 valence electrons. The van der Waals surface area contributed by atoms with Gasteiger partial charge < -0.3 is 4.57 Å². The van der Waals surface area contributed by atoms with Gasteiger partial charge in [0.05, 0.1) is 0 Å². The van der Waals surface area contributed by atoms with E-state index in [2.05, 4.69) is 138 Å². The van der Waals surface area contributed by atoms with E-state index in [1.165, 1.54) is 37.0 Å². The number of hydrogen-bond acceptors (Lipinski definition) is 1. The number of para-hydroxylation sites is 1. The molecule has 1 atom stereocenters.